The number of nitrogens with one attached hydrogen (secondary N) is 1. The van der Waals surface area contributed by atoms with Crippen molar-refractivity contribution in [2.24, 2.45) is 5.92 Å². The molecule has 222 valence electrons. The van der Waals surface area contributed by atoms with Crippen molar-refractivity contribution in [3.8, 4) is 5.75 Å². The highest BCUT2D eigenvalue weighted by molar-refractivity contribution is 7.22. The fraction of sp³-hybridized carbons (Fsp3) is 0.323. The van der Waals surface area contributed by atoms with Crippen LogP contribution in [0.15, 0.2) is 60.7 Å². The zero-order valence-corrected chi connectivity index (χ0v) is 26.0. The summed E-state index contributed by atoms with van der Waals surface area (Å²) in [5.74, 6) is 2.19. The lowest BCUT2D eigenvalue weighted by Crippen LogP contribution is -2.36. The summed E-state index contributed by atoms with van der Waals surface area (Å²) >= 11 is 3.04. The highest BCUT2D eigenvalue weighted by Crippen LogP contribution is 2.39. The van der Waals surface area contributed by atoms with Gasteiger partial charge in [0.2, 0.25) is 0 Å². The second kappa shape index (κ2) is 12.9. The average molecular weight is 616 g/mol. The maximum absolute atomic E-state index is 13.0. The lowest BCUT2D eigenvalue weighted by molar-refractivity contribution is 0.0521. The van der Waals surface area contributed by atoms with Gasteiger partial charge in [-0.1, -0.05) is 53.0 Å². The van der Waals surface area contributed by atoms with Crippen LogP contribution >= 0.6 is 22.7 Å². The topological polar surface area (TPSA) is 106 Å². The molecule has 10 nitrogen and oxygen atoms in total. The van der Waals surface area contributed by atoms with Crippen LogP contribution in [0.25, 0.3) is 10.2 Å². The van der Waals surface area contributed by atoms with Gasteiger partial charge >= 0.3 is 5.97 Å². The molecule has 6 rings (SSSR count). The molecule has 0 aliphatic carbocycles. The lowest BCUT2D eigenvalue weighted by Gasteiger charge is -2.32. The molecule has 0 atom stereocenters. The number of benzene rings is 2. The number of para-hydroxylation sites is 2. The van der Waals surface area contributed by atoms with Crippen molar-refractivity contribution in [2.75, 3.05) is 48.5 Å². The molecule has 43 heavy (non-hydrogen) atoms. The summed E-state index contributed by atoms with van der Waals surface area (Å²) in [6.45, 7) is 6.37. The summed E-state index contributed by atoms with van der Waals surface area (Å²) in [6.07, 6.45) is 1.93. The Bertz CT molecular complexity index is 1670. The van der Waals surface area contributed by atoms with Gasteiger partial charge in [0.25, 0.3) is 0 Å². The number of thiazole rings is 2. The first kappa shape index (κ1) is 28.8. The van der Waals surface area contributed by atoms with Crippen molar-refractivity contribution in [2.45, 2.75) is 26.7 Å². The molecular weight excluding hydrogens is 583 g/mol. The van der Waals surface area contributed by atoms with Crippen LogP contribution in [-0.4, -0.2) is 59.5 Å². The average Bonchev–Trinajstić information content (AvgIpc) is 3.66. The van der Waals surface area contributed by atoms with Crippen LogP contribution in [0.5, 0.6) is 5.75 Å². The second-order valence-corrected chi connectivity index (χ2v) is 12.3. The zero-order valence-electron chi connectivity index (χ0n) is 24.3. The van der Waals surface area contributed by atoms with Crippen LogP contribution in [0.3, 0.4) is 0 Å². The number of hydrogen-bond donors (Lipinski definition) is 1. The molecular formula is C31H33N7O3S2. The Balaban J connectivity index is 1.16. The number of aromatic nitrogens is 4. The Morgan fingerprint density at radius 3 is 2.56 bits per heavy atom. The Kier molecular flexibility index (Phi) is 8.66. The third-order valence-corrected chi connectivity index (χ3v) is 9.46. The first-order valence-corrected chi connectivity index (χ1v) is 15.9. The molecule has 1 fully saturated rings. The highest BCUT2D eigenvalue weighted by atomic mass is 32.1. The van der Waals surface area contributed by atoms with Crippen LogP contribution in [0.4, 0.5) is 26.9 Å². The summed E-state index contributed by atoms with van der Waals surface area (Å²) in [5, 5.41) is 14.4. The molecule has 0 saturated carbocycles. The first-order chi connectivity index (χ1) is 21.0. The molecule has 1 saturated heterocycles. The molecule has 0 radical (unpaired) electrons. The monoisotopic (exact) mass is 615 g/mol. The molecule has 1 aliphatic heterocycles. The predicted octanol–water partition coefficient (Wildman–Crippen LogP) is 6.83. The maximum atomic E-state index is 13.0. The van der Waals surface area contributed by atoms with Gasteiger partial charge in [0.15, 0.2) is 27.6 Å². The van der Waals surface area contributed by atoms with E-state index in [4.69, 9.17) is 14.5 Å². The number of esters is 1. The van der Waals surface area contributed by atoms with Crippen molar-refractivity contribution in [3.05, 3.63) is 71.9 Å². The summed E-state index contributed by atoms with van der Waals surface area (Å²) < 4.78 is 12.5. The summed E-state index contributed by atoms with van der Waals surface area (Å²) in [5.41, 5.74) is 2.20. The molecule has 2 aromatic carbocycles. The van der Waals surface area contributed by atoms with Gasteiger partial charge in [-0.2, -0.15) is 0 Å². The van der Waals surface area contributed by atoms with Crippen molar-refractivity contribution in [3.63, 3.8) is 0 Å². The summed E-state index contributed by atoms with van der Waals surface area (Å²) in [4.78, 5) is 26.4. The van der Waals surface area contributed by atoms with Gasteiger partial charge in [0.05, 0.1) is 23.4 Å². The summed E-state index contributed by atoms with van der Waals surface area (Å²) in [6, 6.07) is 19.9. The van der Waals surface area contributed by atoms with Crippen molar-refractivity contribution >= 4 is 65.8 Å². The lowest BCUT2D eigenvalue weighted by atomic mass is 9.98. The fourth-order valence-corrected chi connectivity index (χ4v) is 6.85. The van der Waals surface area contributed by atoms with Gasteiger partial charge in [0, 0.05) is 20.1 Å². The number of carbonyl (C=O) groups is 1. The van der Waals surface area contributed by atoms with Gasteiger partial charge in [-0.3, -0.25) is 0 Å². The highest BCUT2D eigenvalue weighted by Gasteiger charge is 2.29. The Morgan fingerprint density at radius 1 is 1.05 bits per heavy atom. The molecule has 0 unspecified atom stereocenters. The van der Waals surface area contributed by atoms with E-state index in [1.807, 2.05) is 79.5 Å². The molecule has 5 aromatic rings. The second-order valence-electron chi connectivity index (χ2n) is 10.3. The quantitative estimate of drug-likeness (QED) is 0.168. The van der Waals surface area contributed by atoms with E-state index in [1.165, 1.54) is 11.3 Å². The van der Waals surface area contributed by atoms with Gasteiger partial charge in [-0.05, 0) is 68.5 Å². The molecule has 1 N–H and O–H groups in total. The van der Waals surface area contributed by atoms with E-state index in [2.05, 4.69) is 25.4 Å². The first-order valence-electron chi connectivity index (χ1n) is 14.3. The van der Waals surface area contributed by atoms with Crippen LogP contribution in [-0.2, 0) is 4.74 Å². The standard InChI is InChI=1S/C31H33N7O3S2/c1-4-40-29(39)26-28(38-16-14-21(15-17-38)19-41-22-10-6-5-7-11-22)43-31(33-26)37(3)25-18-20(2)27(36-35-25)34-30-32-23-12-8-9-13-24(23)42-30/h5-13,18,21H,4,14-17,19H2,1-3H3,(H,32,34,36). The third kappa shape index (κ3) is 6.55. The smallest absolute Gasteiger partial charge is 0.360 e. The largest absolute Gasteiger partial charge is 0.493 e. The normalized spacial score (nSPS) is 13.7. The number of anilines is 5. The molecule has 0 spiro atoms. The minimum atomic E-state index is -0.416. The molecule has 12 heteroatoms. The van der Waals surface area contributed by atoms with Gasteiger partial charge < -0.3 is 24.6 Å². The maximum Gasteiger partial charge on any atom is 0.360 e. The molecule has 0 amide bonds. The van der Waals surface area contributed by atoms with Crippen LogP contribution < -0.4 is 19.9 Å². The summed E-state index contributed by atoms with van der Waals surface area (Å²) in [7, 11) is 1.88. The number of fused-ring (bicyclic) bond motifs is 1. The molecule has 0 bridgehead atoms. The Hall–Kier alpha value is -4.29. The number of hydrogen-bond acceptors (Lipinski definition) is 12. The minimum Gasteiger partial charge on any atom is -0.493 e. The Morgan fingerprint density at radius 2 is 1.81 bits per heavy atom. The van der Waals surface area contributed by atoms with E-state index in [1.54, 1.807) is 18.3 Å². The fourth-order valence-electron chi connectivity index (χ4n) is 4.91. The van der Waals surface area contributed by atoms with Gasteiger partial charge in [0.1, 0.15) is 10.8 Å². The van der Waals surface area contributed by atoms with Crippen molar-refractivity contribution in [1.82, 2.24) is 20.2 Å². The number of carbonyl (C=O) groups excluding carboxylic acids is 1. The van der Waals surface area contributed by atoms with E-state index in [0.29, 0.717) is 35.0 Å². The van der Waals surface area contributed by atoms with Crippen LogP contribution in [0.2, 0.25) is 0 Å². The van der Waals surface area contributed by atoms with E-state index in [0.717, 1.165) is 57.6 Å². The number of ether oxygens (including phenoxy) is 2. The number of rotatable bonds is 10. The number of nitrogens with zero attached hydrogens (tertiary/aromatic N) is 6. The third-order valence-electron chi connectivity index (χ3n) is 7.32. The zero-order chi connectivity index (χ0) is 29.8. The SMILES string of the molecule is CCOC(=O)c1nc(N(C)c2cc(C)c(Nc3nc4ccccc4s3)nn2)sc1N1CCC(COc2ccccc2)CC1. The number of piperidine rings is 1. The van der Waals surface area contributed by atoms with E-state index in [-0.39, 0.29) is 6.61 Å². The van der Waals surface area contributed by atoms with E-state index in [9.17, 15) is 4.79 Å². The van der Waals surface area contributed by atoms with Crippen molar-refractivity contribution < 1.29 is 14.3 Å². The van der Waals surface area contributed by atoms with Crippen molar-refractivity contribution in [1.29, 1.82) is 0 Å². The minimum absolute atomic E-state index is 0.285. The van der Waals surface area contributed by atoms with E-state index < -0.39 is 5.97 Å². The van der Waals surface area contributed by atoms with Gasteiger partial charge in [-0.15, -0.1) is 10.2 Å². The van der Waals surface area contributed by atoms with Gasteiger partial charge in [-0.25, -0.2) is 14.8 Å². The molecule has 4 heterocycles. The van der Waals surface area contributed by atoms with E-state index >= 15 is 0 Å². The number of aryl methyl sites for hydroxylation is 1. The Labute approximate surface area is 258 Å². The molecule has 3 aromatic heterocycles. The van der Waals surface area contributed by atoms with Crippen LogP contribution in [0.1, 0.15) is 35.8 Å². The molecule has 1 aliphatic rings. The van der Waals surface area contributed by atoms with Crippen LogP contribution in [0, 0.1) is 12.8 Å². The predicted molar refractivity (Wildman–Crippen MR) is 173 cm³/mol.